The van der Waals surface area contributed by atoms with Gasteiger partial charge < -0.3 is 19.5 Å². The number of halogens is 2. The maximum Gasteiger partial charge on any atom is 0.291 e. The molecule has 2 aromatic heterocycles. The molecule has 0 unspecified atom stereocenters. The van der Waals surface area contributed by atoms with E-state index in [1.54, 1.807) is 66.7 Å². The van der Waals surface area contributed by atoms with Crippen molar-refractivity contribution in [2.45, 2.75) is 0 Å². The number of hydrogen-bond donors (Lipinski definition) is 3. The van der Waals surface area contributed by atoms with Gasteiger partial charge in [-0.3, -0.25) is 14.9 Å². The molecule has 0 saturated heterocycles. The van der Waals surface area contributed by atoms with Gasteiger partial charge in [-0.15, -0.1) is 0 Å². The number of furan rings is 2. The van der Waals surface area contributed by atoms with Crippen LogP contribution in [0, 0.1) is 0 Å². The fourth-order valence-electron chi connectivity index (χ4n) is 3.68. The summed E-state index contributed by atoms with van der Waals surface area (Å²) in [5.74, 6) is 0.392. The number of para-hydroxylation sites is 1. The summed E-state index contributed by atoms with van der Waals surface area (Å²) in [6.07, 6.45) is 2.81. The first-order chi connectivity index (χ1) is 18.9. The maximum atomic E-state index is 12.5. The average molecular weight is 576 g/mol. The number of anilines is 2. The highest BCUT2D eigenvalue weighted by Gasteiger charge is 2.13. The van der Waals surface area contributed by atoms with Crippen LogP contribution in [0.25, 0.3) is 28.4 Å². The number of amides is 2. The summed E-state index contributed by atoms with van der Waals surface area (Å²) in [6, 6.07) is 24.6. The summed E-state index contributed by atoms with van der Waals surface area (Å²) >= 11 is 17.5. The average Bonchev–Trinajstić information content (AvgIpc) is 3.57. The molecule has 3 N–H and O–H groups in total. The number of rotatable bonds is 6. The third kappa shape index (κ3) is 6.38. The predicted molar refractivity (Wildman–Crippen MR) is 158 cm³/mol. The Morgan fingerprint density at radius 1 is 0.821 bits per heavy atom. The van der Waals surface area contributed by atoms with Crippen molar-refractivity contribution in [3.8, 4) is 11.3 Å². The van der Waals surface area contributed by atoms with Crippen molar-refractivity contribution in [3.05, 3.63) is 113 Å². The Morgan fingerprint density at radius 3 is 2.33 bits per heavy atom. The van der Waals surface area contributed by atoms with Crippen molar-refractivity contribution in [1.82, 2.24) is 5.32 Å². The van der Waals surface area contributed by atoms with Crippen LogP contribution in [0.3, 0.4) is 0 Å². The Morgan fingerprint density at radius 2 is 1.56 bits per heavy atom. The van der Waals surface area contributed by atoms with Crippen LogP contribution in [0.2, 0.25) is 10.0 Å². The molecule has 2 heterocycles. The van der Waals surface area contributed by atoms with Crippen LogP contribution in [0.15, 0.2) is 99.8 Å². The van der Waals surface area contributed by atoms with E-state index in [2.05, 4.69) is 16.0 Å². The molecule has 0 radical (unpaired) electrons. The summed E-state index contributed by atoms with van der Waals surface area (Å²) in [4.78, 5) is 24.8. The molecule has 0 spiro atoms. The molecule has 10 heteroatoms. The van der Waals surface area contributed by atoms with Crippen molar-refractivity contribution in [2.75, 3.05) is 10.6 Å². The minimum Gasteiger partial charge on any atom is -0.457 e. The van der Waals surface area contributed by atoms with Crippen LogP contribution >= 0.6 is 35.4 Å². The number of benzene rings is 3. The Balaban J connectivity index is 1.13. The van der Waals surface area contributed by atoms with Crippen molar-refractivity contribution < 1.29 is 18.4 Å². The van der Waals surface area contributed by atoms with Gasteiger partial charge in [0.25, 0.3) is 5.91 Å². The summed E-state index contributed by atoms with van der Waals surface area (Å²) in [5.41, 5.74) is 2.49. The number of carbonyl (C=O) groups excluding carboxylic acids is 2. The zero-order valence-electron chi connectivity index (χ0n) is 20.0. The molecule has 0 aliphatic heterocycles. The van der Waals surface area contributed by atoms with E-state index in [-0.39, 0.29) is 16.8 Å². The molecular weight excluding hydrogens is 557 g/mol. The second-order valence-corrected chi connectivity index (χ2v) is 9.45. The lowest BCUT2D eigenvalue weighted by molar-refractivity contribution is -0.115. The number of nitrogens with one attached hydrogen (secondary N) is 3. The normalized spacial score (nSPS) is 11.0. The zero-order valence-corrected chi connectivity index (χ0v) is 22.4. The SMILES string of the molecule is O=C(/C=C/c1ccc(-c2cccc(Cl)c2Cl)o1)NC(=S)Nc1ccc(NC(=O)c2cc3ccccc3o2)cc1. The third-order valence-electron chi connectivity index (χ3n) is 5.53. The second-order valence-electron chi connectivity index (χ2n) is 8.26. The van der Waals surface area contributed by atoms with E-state index in [4.69, 9.17) is 44.3 Å². The molecule has 0 fully saturated rings. The predicted octanol–water partition coefficient (Wildman–Crippen LogP) is 7.78. The molecule has 3 aromatic carbocycles. The fourth-order valence-corrected chi connectivity index (χ4v) is 4.29. The molecule has 0 aliphatic rings. The Kier molecular flexibility index (Phi) is 7.79. The Hall–Kier alpha value is -4.37. The lowest BCUT2D eigenvalue weighted by Crippen LogP contribution is -2.32. The van der Waals surface area contributed by atoms with Gasteiger partial charge in [0, 0.05) is 28.4 Å². The number of thiocarbonyl (C=S) groups is 1. The Bertz CT molecular complexity index is 1690. The van der Waals surface area contributed by atoms with Gasteiger partial charge in [0.1, 0.15) is 17.1 Å². The summed E-state index contributed by atoms with van der Waals surface area (Å²) in [7, 11) is 0. The van der Waals surface area contributed by atoms with Gasteiger partial charge in [-0.2, -0.15) is 0 Å². The number of hydrogen-bond acceptors (Lipinski definition) is 5. The largest absolute Gasteiger partial charge is 0.457 e. The van der Waals surface area contributed by atoms with E-state index >= 15 is 0 Å². The number of carbonyl (C=O) groups is 2. The minimum absolute atomic E-state index is 0.106. The lowest BCUT2D eigenvalue weighted by Gasteiger charge is -2.09. The van der Waals surface area contributed by atoms with Crippen LogP contribution in [0.1, 0.15) is 16.3 Å². The third-order valence-corrected chi connectivity index (χ3v) is 6.55. The first-order valence-electron chi connectivity index (χ1n) is 11.6. The van der Waals surface area contributed by atoms with Gasteiger partial charge in [-0.25, -0.2) is 0 Å². The van der Waals surface area contributed by atoms with Gasteiger partial charge in [0.2, 0.25) is 5.91 Å². The van der Waals surface area contributed by atoms with E-state index in [9.17, 15) is 9.59 Å². The maximum absolute atomic E-state index is 12.5. The number of fused-ring (bicyclic) bond motifs is 1. The molecule has 0 saturated carbocycles. The molecule has 5 rings (SSSR count). The van der Waals surface area contributed by atoms with Crippen molar-refractivity contribution in [1.29, 1.82) is 0 Å². The standard InChI is InChI=1S/C29H19Cl2N3O4S/c30-22-6-3-5-21(27(22)31)24-14-12-20(37-24)13-15-26(35)34-29(39)33-19-10-8-18(9-11-19)32-28(36)25-16-17-4-1-2-7-23(17)38-25/h1-16H,(H,32,36)(H2,33,34,35,39)/b15-13+. The molecular formula is C29H19Cl2N3O4S. The highest BCUT2D eigenvalue weighted by atomic mass is 35.5. The van der Waals surface area contributed by atoms with Gasteiger partial charge in [0.05, 0.1) is 10.0 Å². The van der Waals surface area contributed by atoms with E-state index in [1.165, 1.54) is 12.2 Å². The van der Waals surface area contributed by atoms with Gasteiger partial charge in [-0.05, 0) is 79.0 Å². The quantitative estimate of drug-likeness (QED) is 0.141. The fraction of sp³-hybridized carbons (Fsp3) is 0. The molecule has 0 bridgehead atoms. The van der Waals surface area contributed by atoms with Crippen LogP contribution in [0.4, 0.5) is 11.4 Å². The highest BCUT2D eigenvalue weighted by molar-refractivity contribution is 7.80. The van der Waals surface area contributed by atoms with Gasteiger partial charge >= 0.3 is 0 Å². The molecule has 39 heavy (non-hydrogen) atoms. The van der Waals surface area contributed by atoms with Crippen LogP contribution in [-0.2, 0) is 4.79 Å². The molecule has 5 aromatic rings. The molecule has 194 valence electrons. The lowest BCUT2D eigenvalue weighted by atomic mass is 10.2. The van der Waals surface area contributed by atoms with E-state index in [0.29, 0.717) is 44.1 Å². The van der Waals surface area contributed by atoms with Crippen molar-refractivity contribution in [3.63, 3.8) is 0 Å². The van der Waals surface area contributed by atoms with E-state index in [0.717, 1.165) is 5.39 Å². The van der Waals surface area contributed by atoms with Crippen molar-refractivity contribution in [2.24, 2.45) is 0 Å². The molecule has 2 amide bonds. The van der Waals surface area contributed by atoms with E-state index < -0.39 is 5.91 Å². The zero-order chi connectivity index (χ0) is 27.4. The molecule has 0 aliphatic carbocycles. The first-order valence-corrected chi connectivity index (χ1v) is 12.8. The van der Waals surface area contributed by atoms with Gasteiger partial charge in [-0.1, -0.05) is 47.5 Å². The molecule has 7 nitrogen and oxygen atoms in total. The van der Waals surface area contributed by atoms with E-state index in [1.807, 2.05) is 18.2 Å². The van der Waals surface area contributed by atoms with Gasteiger partial charge in [0.15, 0.2) is 10.9 Å². The Labute approximate surface area is 238 Å². The first kappa shape index (κ1) is 26.2. The highest BCUT2D eigenvalue weighted by Crippen LogP contribution is 2.34. The van der Waals surface area contributed by atoms with Crippen LogP contribution in [0.5, 0.6) is 0 Å². The smallest absolute Gasteiger partial charge is 0.291 e. The summed E-state index contributed by atoms with van der Waals surface area (Å²) < 4.78 is 11.3. The summed E-state index contributed by atoms with van der Waals surface area (Å²) in [6.45, 7) is 0. The molecule has 0 atom stereocenters. The van der Waals surface area contributed by atoms with Crippen LogP contribution < -0.4 is 16.0 Å². The topological polar surface area (TPSA) is 96.5 Å². The van der Waals surface area contributed by atoms with Crippen LogP contribution in [-0.4, -0.2) is 16.9 Å². The second kappa shape index (κ2) is 11.6. The minimum atomic E-state index is -0.444. The monoisotopic (exact) mass is 575 g/mol. The van der Waals surface area contributed by atoms with Crippen molar-refractivity contribution >= 4 is 80.8 Å². The summed E-state index contributed by atoms with van der Waals surface area (Å²) in [5, 5.41) is 10.0.